The summed E-state index contributed by atoms with van der Waals surface area (Å²) in [5, 5.41) is 0.282. The van der Waals surface area contributed by atoms with Gasteiger partial charge >= 0.3 is 5.97 Å². The number of hydrogen-bond donors (Lipinski definition) is 0. The molecule has 4 nitrogen and oxygen atoms in total. The van der Waals surface area contributed by atoms with Crippen LogP contribution in [0.15, 0.2) is 0 Å². The van der Waals surface area contributed by atoms with Crippen molar-refractivity contribution in [1.29, 1.82) is 0 Å². The number of rotatable bonds is 8. The molecule has 0 aliphatic rings. The van der Waals surface area contributed by atoms with E-state index in [1.807, 2.05) is 0 Å². The quantitative estimate of drug-likeness (QED) is 0.506. The summed E-state index contributed by atoms with van der Waals surface area (Å²) in [6.45, 7) is 3.06. The Kier molecular flexibility index (Phi) is 10.2. The molecule has 0 radical (unpaired) electrons. The van der Waals surface area contributed by atoms with Crippen LogP contribution in [0.25, 0.3) is 0 Å². The summed E-state index contributed by atoms with van der Waals surface area (Å²) in [5.74, 6) is 0.446. The number of methoxy groups -OCH3 is 1. The fourth-order valence-corrected chi connectivity index (χ4v) is 3.18. The Balaban J connectivity index is 3.88. The molecule has 0 N–H and O–H groups in total. The van der Waals surface area contributed by atoms with Crippen molar-refractivity contribution in [2.75, 3.05) is 12.9 Å². The third kappa shape index (κ3) is 10.7. The van der Waals surface area contributed by atoms with E-state index in [1.54, 1.807) is 0 Å². The lowest BCUT2D eigenvalue weighted by atomic mass is 10.1. The van der Waals surface area contributed by atoms with Crippen molar-refractivity contribution in [2.45, 2.75) is 44.8 Å². The van der Waals surface area contributed by atoms with Gasteiger partial charge in [-0.15, -0.1) is 0 Å². The highest BCUT2D eigenvalue weighted by molar-refractivity contribution is 8.17. The second-order valence-corrected chi connectivity index (χ2v) is 6.53. The van der Waals surface area contributed by atoms with Gasteiger partial charge in [0.1, 0.15) is 0 Å². The van der Waals surface area contributed by atoms with E-state index in [2.05, 4.69) is 4.74 Å². The Morgan fingerprint density at radius 1 is 1.11 bits per heavy atom. The topological polar surface area (TPSA) is 60.4 Å². The molecule has 0 aromatic rings. The second-order valence-electron chi connectivity index (χ2n) is 3.86. The van der Waals surface area contributed by atoms with E-state index in [0.29, 0.717) is 12.2 Å². The molecule has 0 amide bonds. The van der Waals surface area contributed by atoms with Crippen LogP contribution in [0.3, 0.4) is 0 Å². The Bertz CT molecular complexity index is 292. The monoisotopic (exact) mass is 292 g/mol. The van der Waals surface area contributed by atoms with Crippen LogP contribution in [-0.2, 0) is 19.1 Å². The van der Waals surface area contributed by atoms with Crippen molar-refractivity contribution < 1.29 is 19.1 Å². The van der Waals surface area contributed by atoms with Crippen molar-refractivity contribution in [3.05, 3.63) is 0 Å². The molecule has 0 aromatic carbocycles. The van der Waals surface area contributed by atoms with E-state index in [-0.39, 0.29) is 21.4 Å². The fourth-order valence-electron chi connectivity index (χ4n) is 1.36. The molecule has 6 heteroatoms. The van der Waals surface area contributed by atoms with Crippen molar-refractivity contribution in [3.63, 3.8) is 0 Å². The minimum absolute atomic E-state index is 0.0668. The molecule has 1 atom stereocenters. The van der Waals surface area contributed by atoms with Crippen LogP contribution in [0.2, 0.25) is 0 Å². The Morgan fingerprint density at radius 3 is 2.28 bits per heavy atom. The number of esters is 1. The predicted molar refractivity (Wildman–Crippen MR) is 75.7 cm³/mol. The van der Waals surface area contributed by atoms with Crippen molar-refractivity contribution in [3.8, 4) is 0 Å². The Morgan fingerprint density at radius 2 is 1.78 bits per heavy atom. The third-order valence-electron chi connectivity index (χ3n) is 2.19. The van der Waals surface area contributed by atoms with Crippen LogP contribution in [-0.4, -0.2) is 34.3 Å². The predicted octanol–water partition coefficient (Wildman–Crippen LogP) is 2.65. The van der Waals surface area contributed by atoms with Gasteiger partial charge in [0.2, 0.25) is 0 Å². The molecule has 0 rings (SSSR count). The number of thioether (sulfide) groups is 2. The van der Waals surface area contributed by atoms with Gasteiger partial charge < -0.3 is 4.74 Å². The zero-order chi connectivity index (χ0) is 14.0. The van der Waals surface area contributed by atoms with Crippen LogP contribution < -0.4 is 0 Å². The van der Waals surface area contributed by atoms with Gasteiger partial charge in [-0.25, -0.2) is 0 Å². The zero-order valence-corrected chi connectivity index (χ0v) is 12.7. The average molecular weight is 292 g/mol. The highest BCUT2D eigenvalue weighted by Gasteiger charge is 2.13. The van der Waals surface area contributed by atoms with Gasteiger partial charge in [0.25, 0.3) is 0 Å². The first kappa shape index (κ1) is 17.5. The molecule has 1 unspecified atom stereocenters. The van der Waals surface area contributed by atoms with Gasteiger partial charge in [0.15, 0.2) is 10.2 Å². The maximum absolute atomic E-state index is 11.1. The smallest absolute Gasteiger partial charge is 0.305 e. The lowest BCUT2D eigenvalue weighted by Gasteiger charge is -2.13. The molecule has 0 spiro atoms. The van der Waals surface area contributed by atoms with Crippen LogP contribution in [0.1, 0.15) is 39.5 Å². The standard InChI is InChI=1S/C12H20O4S2/c1-9(13)17-8-11(18-10(2)14)6-4-5-7-12(15)16-3/h11H,4-8H2,1-3H3. The van der Waals surface area contributed by atoms with Gasteiger partial charge in [-0.2, -0.15) is 0 Å². The highest BCUT2D eigenvalue weighted by Crippen LogP contribution is 2.23. The molecule has 0 saturated heterocycles. The molecule has 0 bridgehead atoms. The summed E-state index contributed by atoms with van der Waals surface area (Å²) < 4.78 is 4.55. The zero-order valence-electron chi connectivity index (χ0n) is 11.1. The fraction of sp³-hybridized carbons (Fsp3) is 0.750. The van der Waals surface area contributed by atoms with Crippen molar-refractivity contribution in [2.24, 2.45) is 0 Å². The number of unbranched alkanes of at least 4 members (excludes halogenated alkanes) is 1. The first-order chi connectivity index (χ1) is 8.45. The van der Waals surface area contributed by atoms with Crippen molar-refractivity contribution in [1.82, 2.24) is 0 Å². The molecule has 0 heterocycles. The highest BCUT2D eigenvalue weighted by atomic mass is 32.2. The van der Waals surface area contributed by atoms with E-state index in [9.17, 15) is 14.4 Å². The molecule has 104 valence electrons. The van der Waals surface area contributed by atoms with Crippen molar-refractivity contribution >= 4 is 39.7 Å². The summed E-state index contributed by atoms with van der Waals surface area (Å²) in [4.78, 5) is 32.9. The average Bonchev–Trinajstić information content (AvgIpc) is 2.30. The molecule has 0 fully saturated rings. The van der Waals surface area contributed by atoms with Gasteiger partial charge in [0.05, 0.1) is 7.11 Å². The molecular formula is C12H20O4S2. The molecule has 0 aliphatic heterocycles. The maximum atomic E-state index is 11.1. The van der Waals surface area contributed by atoms with Gasteiger partial charge in [-0.3, -0.25) is 14.4 Å². The maximum Gasteiger partial charge on any atom is 0.305 e. The van der Waals surface area contributed by atoms with E-state index in [1.165, 1.54) is 44.5 Å². The summed E-state index contributed by atoms with van der Waals surface area (Å²) in [6, 6.07) is 0. The van der Waals surface area contributed by atoms with Gasteiger partial charge in [0, 0.05) is 31.3 Å². The van der Waals surface area contributed by atoms with Gasteiger partial charge in [-0.05, 0) is 12.8 Å². The Labute approximate surface area is 117 Å². The first-order valence-corrected chi connectivity index (χ1v) is 7.69. The molecule has 18 heavy (non-hydrogen) atoms. The number of carbonyl (C=O) groups is 3. The molecule has 0 aromatic heterocycles. The Hall–Kier alpha value is -0.490. The minimum Gasteiger partial charge on any atom is -0.469 e. The van der Waals surface area contributed by atoms with E-state index in [4.69, 9.17) is 0 Å². The van der Waals surface area contributed by atoms with Crippen LogP contribution in [0.5, 0.6) is 0 Å². The lowest BCUT2D eigenvalue weighted by molar-refractivity contribution is -0.140. The summed E-state index contributed by atoms with van der Waals surface area (Å²) >= 11 is 2.52. The molecular weight excluding hydrogens is 272 g/mol. The summed E-state index contributed by atoms with van der Waals surface area (Å²) in [6.07, 6.45) is 2.86. The number of ether oxygens (including phenoxy) is 1. The van der Waals surface area contributed by atoms with Crippen LogP contribution >= 0.6 is 23.5 Å². The van der Waals surface area contributed by atoms with Crippen LogP contribution in [0.4, 0.5) is 0 Å². The van der Waals surface area contributed by atoms with E-state index in [0.717, 1.165) is 19.3 Å². The van der Waals surface area contributed by atoms with Gasteiger partial charge in [-0.1, -0.05) is 29.9 Å². The van der Waals surface area contributed by atoms with E-state index >= 15 is 0 Å². The largest absolute Gasteiger partial charge is 0.469 e. The summed E-state index contributed by atoms with van der Waals surface area (Å²) in [5.41, 5.74) is 0. The molecule has 0 saturated carbocycles. The third-order valence-corrected chi connectivity index (χ3v) is 4.44. The number of hydrogen-bond acceptors (Lipinski definition) is 6. The van der Waals surface area contributed by atoms with Crippen LogP contribution in [0, 0.1) is 0 Å². The number of carbonyl (C=O) groups excluding carboxylic acids is 3. The second kappa shape index (κ2) is 10.4. The molecule has 0 aliphatic carbocycles. The lowest BCUT2D eigenvalue weighted by Crippen LogP contribution is -2.10. The SMILES string of the molecule is COC(=O)CCCCC(CSC(C)=O)SC(C)=O. The minimum atomic E-state index is -0.205. The van der Waals surface area contributed by atoms with E-state index < -0.39 is 0 Å². The normalized spacial score (nSPS) is 11.9. The summed E-state index contributed by atoms with van der Waals surface area (Å²) in [7, 11) is 1.38. The first-order valence-electron chi connectivity index (χ1n) is 5.83.